The Labute approximate surface area is 94.8 Å². The highest BCUT2D eigenvalue weighted by molar-refractivity contribution is 5.97. The lowest BCUT2D eigenvalue weighted by Crippen LogP contribution is -2.33. The SMILES string of the molecule is COC(=O)CN(C)C(=O)c1ccccc1C. The number of amides is 1. The molecular weight excluding hydrogens is 206 g/mol. The Morgan fingerprint density at radius 1 is 1.31 bits per heavy atom. The van der Waals surface area contributed by atoms with Crippen LogP contribution in [-0.2, 0) is 9.53 Å². The number of rotatable bonds is 3. The van der Waals surface area contributed by atoms with Crippen molar-refractivity contribution < 1.29 is 14.3 Å². The molecule has 0 saturated heterocycles. The molecule has 0 radical (unpaired) electrons. The highest BCUT2D eigenvalue weighted by atomic mass is 16.5. The van der Waals surface area contributed by atoms with Crippen LogP contribution < -0.4 is 0 Å². The third-order valence-electron chi connectivity index (χ3n) is 2.32. The largest absolute Gasteiger partial charge is 0.468 e. The summed E-state index contributed by atoms with van der Waals surface area (Å²) < 4.78 is 4.50. The summed E-state index contributed by atoms with van der Waals surface area (Å²) in [7, 11) is 2.88. The van der Waals surface area contributed by atoms with Crippen molar-refractivity contribution in [1.82, 2.24) is 4.90 Å². The average Bonchev–Trinajstić information content (AvgIpc) is 2.28. The van der Waals surface area contributed by atoms with E-state index in [4.69, 9.17) is 0 Å². The lowest BCUT2D eigenvalue weighted by Gasteiger charge is -2.16. The molecule has 0 aliphatic carbocycles. The smallest absolute Gasteiger partial charge is 0.325 e. The molecule has 0 heterocycles. The maximum absolute atomic E-state index is 11.9. The Kier molecular flexibility index (Phi) is 4.05. The number of carbonyl (C=O) groups excluding carboxylic acids is 2. The quantitative estimate of drug-likeness (QED) is 0.721. The molecule has 0 aliphatic heterocycles. The maximum atomic E-state index is 11.9. The summed E-state index contributed by atoms with van der Waals surface area (Å²) in [5.41, 5.74) is 1.50. The standard InChI is InChI=1S/C12H15NO3/c1-9-6-4-5-7-10(9)12(15)13(2)8-11(14)16-3/h4-7H,8H2,1-3H3. The van der Waals surface area contributed by atoms with Crippen LogP contribution in [-0.4, -0.2) is 37.5 Å². The molecule has 1 amide bonds. The van der Waals surface area contributed by atoms with E-state index in [2.05, 4.69) is 4.74 Å². The van der Waals surface area contributed by atoms with Gasteiger partial charge in [-0.1, -0.05) is 18.2 Å². The van der Waals surface area contributed by atoms with Gasteiger partial charge >= 0.3 is 5.97 Å². The molecule has 16 heavy (non-hydrogen) atoms. The van der Waals surface area contributed by atoms with E-state index in [1.54, 1.807) is 19.2 Å². The Bertz CT molecular complexity index is 401. The first-order chi connectivity index (χ1) is 7.56. The van der Waals surface area contributed by atoms with Crippen LogP contribution in [0.4, 0.5) is 0 Å². The topological polar surface area (TPSA) is 46.6 Å². The van der Waals surface area contributed by atoms with E-state index in [1.165, 1.54) is 12.0 Å². The fourth-order valence-corrected chi connectivity index (χ4v) is 1.35. The van der Waals surface area contributed by atoms with Gasteiger partial charge in [0.15, 0.2) is 0 Å². The molecule has 1 aromatic carbocycles. The summed E-state index contributed by atoms with van der Waals surface area (Å²) in [4.78, 5) is 24.3. The highest BCUT2D eigenvalue weighted by Crippen LogP contribution is 2.09. The van der Waals surface area contributed by atoms with Gasteiger partial charge < -0.3 is 9.64 Å². The van der Waals surface area contributed by atoms with Crippen molar-refractivity contribution in [3.8, 4) is 0 Å². The van der Waals surface area contributed by atoms with Crippen molar-refractivity contribution >= 4 is 11.9 Å². The second-order valence-corrected chi connectivity index (χ2v) is 3.55. The molecule has 86 valence electrons. The number of benzene rings is 1. The zero-order valence-electron chi connectivity index (χ0n) is 9.69. The van der Waals surface area contributed by atoms with Crippen molar-refractivity contribution in [3.05, 3.63) is 35.4 Å². The third-order valence-corrected chi connectivity index (χ3v) is 2.32. The van der Waals surface area contributed by atoms with E-state index in [-0.39, 0.29) is 12.5 Å². The Morgan fingerprint density at radius 2 is 1.94 bits per heavy atom. The Hall–Kier alpha value is -1.84. The van der Waals surface area contributed by atoms with Crippen LogP contribution >= 0.6 is 0 Å². The number of carbonyl (C=O) groups is 2. The Morgan fingerprint density at radius 3 is 2.50 bits per heavy atom. The van der Waals surface area contributed by atoms with Crippen LogP contribution in [0.15, 0.2) is 24.3 Å². The van der Waals surface area contributed by atoms with Gasteiger partial charge in [-0.25, -0.2) is 0 Å². The molecule has 4 heteroatoms. The fraction of sp³-hybridized carbons (Fsp3) is 0.333. The van der Waals surface area contributed by atoms with Crippen LogP contribution in [0.25, 0.3) is 0 Å². The average molecular weight is 221 g/mol. The maximum Gasteiger partial charge on any atom is 0.325 e. The van der Waals surface area contributed by atoms with E-state index in [0.29, 0.717) is 5.56 Å². The number of ether oxygens (including phenoxy) is 1. The van der Waals surface area contributed by atoms with Gasteiger partial charge in [-0.2, -0.15) is 0 Å². The van der Waals surface area contributed by atoms with Gasteiger partial charge in [0.1, 0.15) is 6.54 Å². The third kappa shape index (κ3) is 2.82. The monoisotopic (exact) mass is 221 g/mol. The second-order valence-electron chi connectivity index (χ2n) is 3.55. The summed E-state index contributed by atoms with van der Waals surface area (Å²) in [6, 6.07) is 7.27. The second kappa shape index (κ2) is 5.30. The summed E-state index contributed by atoms with van der Waals surface area (Å²) in [5, 5.41) is 0. The molecule has 0 aliphatic rings. The minimum absolute atomic E-state index is 0.0380. The van der Waals surface area contributed by atoms with Crippen LogP contribution in [0.1, 0.15) is 15.9 Å². The fourth-order valence-electron chi connectivity index (χ4n) is 1.35. The number of hydrogen-bond acceptors (Lipinski definition) is 3. The van der Waals surface area contributed by atoms with Crippen molar-refractivity contribution in [2.45, 2.75) is 6.92 Å². The molecule has 1 rings (SSSR count). The minimum Gasteiger partial charge on any atom is -0.468 e. The van der Waals surface area contributed by atoms with Crippen molar-refractivity contribution in [2.24, 2.45) is 0 Å². The first-order valence-electron chi connectivity index (χ1n) is 4.94. The van der Waals surface area contributed by atoms with Gasteiger partial charge in [0.25, 0.3) is 5.91 Å². The van der Waals surface area contributed by atoms with Crippen molar-refractivity contribution in [3.63, 3.8) is 0 Å². The van der Waals surface area contributed by atoms with Crippen LogP contribution in [0.5, 0.6) is 0 Å². The molecule has 0 unspecified atom stereocenters. The van der Waals surface area contributed by atoms with E-state index < -0.39 is 5.97 Å². The number of methoxy groups -OCH3 is 1. The van der Waals surface area contributed by atoms with Crippen molar-refractivity contribution in [1.29, 1.82) is 0 Å². The first kappa shape index (κ1) is 12.2. The highest BCUT2D eigenvalue weighted by Gasteiger charge is 2.16. The van der Waals surface area contributed by atoms with Gasteiger partial charge in [-0.05, 0) is 18.6 Å². The summed E-state index contributed by atoms with van der Waals surface area (Å²) in [6.45, 7) is 1.82. The van der Waals surface area contributed by atoms with E-state index in [0.717, 1.165) is 5.56 Å². The minimum atomic E-state index is -0.426. The molecule has 0 fully saturated rings. The molecule has 4 nitrogen and oxygen atoms in total. The summed E-state index contributed by atoms with van der Waals surface area (Å²) in [6.07, 6.45) is 0. The lowest BCUT2D eigenvalue weighted by atomic mass is 10.1. The zero-order chi connectivity index (χ0) is 12.1. The zero-order valence-corrected chi connectivity index (χ0v) is 9.69. The summed E-state index contributed by atoms with van der Waals surface area (Å²) in [5.74, 6) is -0.604. The predicted molar refractivity (Wildman–Crippen MR) is 60.2 cm³/mol. The molecule has 0 bridgehead atoms. The van der Waals surface area contributed by atoms with Gasteiger partial charge in [0.2, 0.25) is 0 Å². The van der Waals surface area contributed by atoms with Gasteiger partial charge in [0, 0.05) is 12.6 Å². The van der Waals surface area contributed by atoms with Gasteiger partial charge in [-0.15, -0.1) is 0 Å². The number of esters is 1. The summed E-state index contributed by atoms with van der Waals surface area (Å²) >= 11 is 0. The van der Waals surface area contributed by atoms with Crippen molar-refractivity contribution in [2.75, 3.05) is 20.7 Å². The lowest BCUT2D eigenvalue weighted by molar-refractivity contribution is -0.141. The molecule has 0 N–H and O–H groups in total. The van der Waals surface area contributed by atoms with E-state index in [1.807, 2.05) is 19.1 Å². The molecule has 0 aromatic heterocycles. The molecule has 0 spiro atoms. The van der Waals surface area contributed by atoms with Crippen LogP contribution in [0.2, 0.25) is 0 Å². The number of nitrogens with zero attached hydrogens (tertiary/aromatic N) is 1. The molecule has 0 saturated carbocycles. The van der Waals surface area contributed by atoms with Gasteiger partial charge in [0.05, 0.1) is 7.11 Å². The molecular formula is C12H15NO3. The Balaban J connectivity index is 2.79. The normalized spacial score (nSPS) is 9.69. The number of aryl methyl sites for hydroxylation is 1. The number of hydrogen-bond donors (Lipinski definition) is 0. The predicted octanol–water partition coefficient (Wildman–Crippen LogP) is 1.24. The molecule has 1 aromatic rings. The van der Waals surface area contributed by atoms with Gasteiger partial charge in [-0.3, -0.25) is 9.59 Å². The first-order valence-corrected chi connectivity index (χ1v) is 4.94. The number of likely N-dealkylation sites (N-methyl/N-ethyl adjacent to an activating group) is 1. The van der Waals surface area contributed by atoms with E-state index in [9.17, 15) is 9.59 Å². The van der Waals surface area contributed by atoms with Crippen LogP contribution in [0, 0.1) is 6.92 Å². The van der Waals surface area contributed by atoms with Crippen LogP contribution in [0.3, 0.4) is 0 Å². The molecule has 0 atom stereocenters. The van der Waals surface area contributed by atoms with E-state index >= 15 is 0 Å².